The minimum Gasteiger partial charge on any atom is -0.759 e. The van der Waals surface area contributed by atoms with Crippen LogP contribution in [0.5, 0.6) is 0 Å². The van der Waals surface area contributed by atoms with E-state index in [0.29, 0.717) is 0 Å². The van der Waals surface area contributed by atoms with Crippen molar-refractivity contribution in [3.63, 3.8) is 0 Å². The number of rotatable bonds is 0. The third-order valence-corrected chi connectivity index (χ3v) is 0. The molecule has 30 heteroatoms. The van der Waals surface area contributed by atoms with Crippen LogP contribution < -0.4 is 11.5 Å². The van der Waals surface area contributed by atoms with Gasteiger partial charge in [-0.3, -0.25) is 47.5 Å². The third-order valence-electron chi connectivity index (χ3n) is 0. The van der Waals surface area contributed by atoms with E-state index in [1.807, 2.05) is 0 Å². The fourth-order valence-corrected chi connectivity index (χ4v) is 0. The first-order valence-electron chi connectivity index (χ1n) is 4.16. The summed E-state index contributed by atoms with van der Waals surface area (Å²) in [5.41, 5.74) is 8.94. The predicted molar refractivity (Wildman–Crippen MR) is 68.5 cm³/mol. The van der Waals surface area contributed by atoms with Crippen molar-refractivity contribution in [3.05, 3.63) is 0 Å². The van der Waals surface area contributed by atoms with Crippen molar-refractivity contribution in [1.29, 1.82) is 5.41 Å². The van der Waals surface area contributed by atoms with E-state index in [2.05, 4.69) is 11.5 Å². The van der Waals surface area contributed by atoms with E-state index in [1.54, 1.807) is 0 Å². The van der Waals surface area contributed by atoms with E-state index in [9.17, 15) is 0 Å². The van der Waals surface area contributed by atoms with Gasteiger partial charge in [0, 0.05) is 52.0 Å². The second-order valence-electron chi connectivity index (χ2n) is 2.50. The Balaban J connectivity index is -0.0000000337. The average Bonchev–Trinajstić information content (AvgIpc) is 1.96. The van der Waals surface area contributed by atoms with Crippen LogP contribution in [0.2, 0.25) is 0 Å². The van der Waals surface area contributed by atoms with Crippen LogP contribution in [-0.4, -0.2) is 93.6 Å². The molecule has 0 aromatic rings. The Hall–Kier alpha value is -0.211. The van der Waals surface area contributed by atoms with E-state index in [4.69, 9.17) is 93.0 Å². The number of hydrogen-bond donors (Lipinski definition) is 3. The van der Waals surface area contributed by atoms with Crippen LogP contribution in [0.15, 0.2) is 0 Å². The van der Waals surface area contributed by atoms with E-state index in [-0.39, 0.29) is 43.1 Å². The monoisotopic (exact) mass is 641 g/mol. The smallest absolute Gasteiger partial charge is 0.759 e. The molecule has 0 radical (unpaired) electrons. The molecule has 0 unspecified atom stereocenters. The van der Waals surface area contributed by atoms with Crippen LogP contribution in [0, 0.1) is 5.41 Å². The van der Waals surface area contributed by atoms with Gasteiger partial charge in [0.2, 0.25) is 0 Å². The molecular formula is CH5N3O20S5V2. The molecule has 23 nitrogen and oxygen atoms in total. The quantitative estimate of drug-likeness (QED) is 0.0956. The molecule has 0 aliphatic rings. The summed E-state index contributed by atoms with van der Waals surface area (Å²) in [5, 5.41) is 6.06. The average molecular weight is 641 g/mol. The molecule has 0 heterocycles. The van der Waals surface area contributed by atoms with Gasteiger partial charge >= 0.3 is 37.1 Å². The number of guanidine groups is 1. The number of hydrogen-bond acceptors (Lipinski definition) is 21. The van der Waals surface area contributed by atoms with Crippen molar-refractivity contribution in [2.75, 3.05) is 0 Å². The summed E-state index contributed by atoms with van der Waals surface area (Å²) in [6.45, 7) is 0. The van der Waals surface area contributed by atoms with Crippen LogP contribution in [0.3, 0.4) is 0 Å². The molecule has 0 amide bonds. The first kappa shape index (κ1) is 52.6. The van der Waals surface area contributed by atoms with Gasteiger partial charge in [-0.1, -0.05) is 0 Å². The summed E-state index contributed by atoms with van der Waals surface area (Å²) in [6.07, 6.45) is 0. The van der Waals surface area contributed by atoms with Crippen LogP contribution in [0.1, 0.15) is 0 Å². The molecule has 0 spiro atoms. The molecule has 0 fully saturated rings. The first-order valence-corrected chi connectivity index (χ1v) is 10.8. The number of nitrogens with two attached hydrogens (primary N) is 2. The SMILES string of the molecule is N=C(N)N.O=S(=O)([O-])[O-].O=S(=O)([O-])[O-].O=S(=O)([O-])[O-].O=S(=O)([O-])[O-].O=S(=O)([O-])[O-].[V+5].[V+5]. The molecule has 0 aromatic heterocycles. The van der Waals surface area contributed by atoms with E-state index >= 15 is 0 Å². The maximum atomic E-state index is 8.52. The topological polar surface area (TPSA) is 477 Å². The fraction of sp³-hybridized carbons (Fsp3) is 0. The molecule has 0 rings (SSSR count). The van der Waals surface area contributed by atoms with Crippen molar-refractivity contribution in [2.24, 2.45) is 11.5 Å². The molecule has 184 valence electrons. The zero-order valence-electron chi connectivity index (χ0n) is 13.3. The van der Waals surface area contributed by atoms with Crippen LogP contribution in [-0.2, 0) is 89.1 Å². The largest absolute Gasteiger partial charge is 5.00 e. The summed E-state index contributed by atoms with van der Waals surface area (Å²) in [4.78, 5) is 0. The fourth-order valence-electron chi connectivity index (χ4n) is 0. The van der Waals surface area contributed by atoms with Gasteiger partial charge in [0.15, 0.2) is 5.96 Å². The van der Waals surface area contributed by atoms with Gasteiger partial charge in [0.25, 0.3) is 0 Å². The molecule has 31 heavy (non-hydrogen) atoms. The maximum Gasteiger partial charge on any atom is 5.00 e. The summed E-state index contributed by atoms with van der Waals surface area (Å²) >= 11 is 0. The van der Waals surface area contributed by atoms with Gasteiger partial charge in [-0.2, -0.15) is 0 Å². The Morgan fingerprint density at radius 3 is 0.419 bits per heavy atom. The molecule has 0 saturated heterocycles. The molecule has 0 atom stereocenters. The zero-order valence-corrected chi connectivity index (χ0v) is 20.1. The molecule has 0 aliphatic heterocycles. The van der Waals surface area contributed by atoms with Crippen molar-refractivity contribution >= 4 is 58.0 Å². The van der Waals surface area contributed by atoms with E-state index < -0.39 is 52.0 Å². The molecule has 0 bridgehead atoms. The summed E-state index contributed by atoms with van der Waals surface area (Å²) in [6, 6.07) is 0. The standard InChI is InChI=1S/CH5N3.5H2O4S.2V/c2-1(3)4;5*1-5(2,3)4;;/h(H5,2,3,4);5*(H2,1,2,3,4);;/q;;;;;;2*+5/p-10. The first-order chi connectivity index (χ1) is 11.7. The molecule has 0 aliphatic carbocycles. The molecule has 0 saturated carbocycles. The summed E-state index contributed by atoms with van der Waals surface area (Å²) in [5.74, 6) is -0.333. The van der Waals surface area contributed by atoms with Crippen LogP contribution in [0.25, 0.3) is 0 Å². The normalized spacial score (nSPS) is 10.1. The van der Waals surface area contributed by atoms with Crippen LogP contribution >= 0.6 is 0 Å². The van der Waals surface area contributed by atoms with Gasteiger partial charge in [0.05, 0.1) is 0 Å². The molecule has 0 aromatic carbocycles. The van der Waals surface area contributed by atoms with Crippen molar-refractivity contribution in [2.45, 2.75) is 0 Å². The Morgan fingerprint density at radius 1 is 0.419 bits per heavy atom. The Labute approximate surface area is 198 Å². The van der Waals surface area contributed by atoms with E-state index in [1.165, 1.54) is 0 Å². The molecular weight excluding hydrogens is 636 g/mol. The zero-order chi connectivity index (χ0) is 26.1. The molecule has 5 N–H and O–H groups in total. The Kier molecular flexibility index (Phi) is 39.0. The Morgan fingerprint density at radius 2 is 0.419 bits per heavy atom. The minimum atomic E-state index is -5.17. The second-order valence-corrected chi connectivity index (χ2v) is 6.58. The van der Waals surface area contributed by atoms with Gasteiger partial charge in [0.1, 0.15) is 0 Å². The summed E-state index contributed by atoms with van der Waals surface area (Å²) in [7, 11) is -25.8. The van der Waals surface area contributed by atoms with Gasteiger partial charge in [-0.05, 0) is 0 Å². The van der Waals surface area contributed by atoms with Crippen molar-refractivity contribution in [1.82, 2.24) is 0 Å². The van der Waals surface area contributed by atoms with Gasteiger partial charge in [-0.25, -0.2) is 0 Å². The third kappa shape index (κ3) is 516000. The maximum absolute atomic E-state index is 8.52. The van der Waals surface area contributed by atoms with Crippen LogP contribution in [0.4, 0.5) is 0 Å². The Bertz CT molecular complexity index is 724. The second kappa shape index (κ2) is 23.0. The predicted octanol–water partition coefficient (Wildman–Crippen LogP) is -7.86. The van der Waals surface area contributed by atoms with Crippen molar-refractivity contribution in [3.8, 4) is 0 Å². The summed E-state index contributed by atoms with van der Waals surface area (Å²) < 4.78 is 170. The van der Waals surface area contributed by atoms with E-state index in [0.717, 1.165) is 0 Å². The number of nitrogens with one attached hydrogen (secondary N) is 1. The van der Waals surface area contributed by atoms with Gasteiger partial charge < -0.3 is 57.0 Å². The van der Waals surface area contributed by atoms with Crippen molar-refractivity contribution < 1.29 is 125 Å². The minimum absolute atomic E-state index is 0. The van der Waals surface area contributed by atoms with Gasteiger partial charge in [-0.15, -0.1) is 0 Å².